The van der Waals surface area contributed by atoms with Gasteiger partial charge in [0.2, 0.25) is 12.2 Å². The molecule has 5 aliphatic carbocycles. The minimum Gasteiger partial charge on any atom is -0.432 e. The average molecular weight is 1230 g/mol. The van der Waals surface area contributed by atoms with E-state index < -0.39 is 213 Å². The lowest BCUT2D eigenvalue weighted by Crippen LogP contribution is -2.69. The number of allylic oxidation sites excluding steroid dienone is 2. The van der Waals surface area contributed by atoms with Crippen molar-refractivity contribution in [3.05, 3.63) is 11.6 Å². The van der Waals surface area contributed by atoms with Crippen LogP contribution in [0.4, 0.5) is 0 Å². The molecule has 15 N–H and O–H groups in total. The number of esters is 1. The molecule has 30 atom stereocenters. The lowest BCUT2D eigenvalue weighted by Gasteiger charge is -2.72. The summed E-state index contributed by atoms with van der Waals surface area (Å²) < 4.78 is 60.3. The van der Waals surface area contributed by atoms with Crippen LogP contribution in [-0.4, -0.2) is 264 Å². The van der Waals surface area contributed by atoms with E-state index >= 15 is 4.79 Å². The van der Waals surface area contributed by atoms with Crippen molar-refractivity contribution in [1.82, 2.24) is 5.32 Å². The Balaban J connectivity index is 0.916. The number of carbonyl (C=O) groups is 2. The van der Waals surface area contributed by atoms with Crippen molar-refractivity contribution in [3.63, 3.8) is 0 Å². The van der Waals surface area contributed by atoms with Gasteiger partial charge in [-0.3, -0.25) is 9.59 Å². The number of ether oxygens (including phenoxy) is 10. The molecular weight excluding hydrogens is 1140 g/mol. The highest BCUT2D eigenvalue weighted by atomic mass is 16.8. The van der Waals surface area contributed by atoms with Crippen LogP contribution in [0.15, 0.2) is 11.6 Å². The molecule has 492 valence electrons. The Morgan fingerprint density at radius 3 is 1.93 bits per heavy atom. The van der Waals surface area contributed by atoms with Crippen LogP contribution in [0, 0.1) is 50.2 Å². The molecule has 0 radical (unpaired) electrons. The highest BCUT2D eigenvalue weighted by Crippen LogP contribution is 2.76. The molecule has 27 heteroatoms. The van der Waals surface area contributed by atoms with Gasteiger partial charge in [-0.25, -0.2) is 0 Å². The first-order chi connectivity index (χ1) is 40.2. The molecule has 0 unspecified atom stereocenters. The van der Waals surface area contributed by atoms with Gasteiger partial charge >= 0.3 is 5.97 Å². The molecule has 10 rings (SSSR count). The van der Waals surface area contributed by atoms with Crippen LogP contribution in [0.25, 0.3) is 0 Å². The molecule has 0 spiro atoms. The van der Waals surface area contributed by atoms with Crippen LogP contribution in [0.3, 0.4) is 0 Å². The molecule has 5 saturated heterocycles. The van der Waals surface area contributed by atoms with Crippen molar-refractivity contribution in [3.8, 4) is 0 Å². The number of rotatable bonds is 14. The van der Waals surface area contributed by atoms with E-state index in [1.165, 1.54) is 6.92 Å². The van der Waals surface area contributed by atoms with Crippen LogP contribution in [0.5, 0.6) is 0 Å². The third kappa shape index (κ3) is 11.1. The highest BCUT2D eigenvalue weighted by molar-refractivity contribution is 5.80. The molecule has 5 aliphatic heterocycles. The predicted molar refractivity (Wildman–Crippen MR) is 290 cm³/mol. The summed E-state index contributed by atoms with van der Waals surface area (Å²) in [5, 5.41) is 155. The van der Waals surface area contributed by atoms with Crippen LogP contribution >= 0.6 is 0 Å². The third-order valence-corrected chi connectivity index (χ3v) is 22.9. The zero-order valence-corrected chi connectivity index (χ0v) is 50.3. The number of hydrogen-bond acceptors (Lipinski definition) is 26. The summed E-state index contributed by atoms with van der Waals surface area (Å²) in [6, 6.07) is -1.28. The monoisotopic (exact) mass is 1230 g/mol. The summed E-state index contributed by atoms with van der Waals surface area (Å²) in [6.45, 7) is 13.1. The smallest absolute Gasteiger partial charge is 0.317 e. The van der Waals surface area contributed by atoms with E-state index in [4.69, 9.17) is 47.4 Å². The number of carbonyl (C=O) groups excluding carboxylic acids is 2. The molecule has 9 fully saturated rings. The third-order valence-electron chi connectivity index (χ3n) is 22.9. The summed E-state index contributed by atoms with van der Waals surface area (Å²) in [4.78, 5) is 28.5. The SMILES string of the molecule is CC(=O)N[C@H]1[C@H](O[C@H]2CC[C@]3(C)[C@H]4CC=C5[C@@H]6CC(C)(C)CC[C@]6(C(=O)O[C@@H]6O[C@H](CO)[C@@H](O)[C@H](O)[C@H]6O[C@@H]6OC[C@](O)(CO)[C@H]6O)[C@H](O)C[C@@]5(C)[C@]4(C)CC[C@H]3C2(C)C)O[C@H](CO[C@@H]2OC[C@H](O)[C@H](O)[C@H]2O)[C@@H](O)[C@@H]1O[C@@H]1OC[C@@H](O)[C@H](O)[C@H]1O. The number of aliphatic hydroxyl groups excluding tert-OH is 13. The van der Waals surface area contributed by atoms with Gasteiger partial charge in [-0.15, -0.1) is 0 Å². The van der Waals surface area contributed by atoms with Gasteiger partial charge in [-0.05, 0) is 103 Å². The quantitative estimate of drug-likeness (QED) is 0.0463. The molecule has 0 aromatic heterocycles. The van der Waals surface area contributed by atoms with E-state index in [1.54, 1.807) is 0 Å². The minimum atomic E-state index is -2.12. The fourth-order valence-corrected chi connectivity index (χ4v) is 17.6. The van der Waals surface area contributed by atoms with E-state index in [2.05, 4.69) is 59.9 Å². The summed E-state index contributed by atoms with van der Waals surface area (Å²) in [7, 11) is 0. The van der Waals surface area contributed by atoms with Crippen molar-refractivity contribution in [1.29, 1.82) is 0 Å². The van der Waals surface area contributed by atoms with Crippen molar-refractivity contribution < 1.29 is 128 Å². The summed E-state index contributed by atoms with van der Waals surface area (Å²) in [6.07, 6.45) is -25.5. The topological polar surface area (TPSA) is 422 Å². The fourth-order valence-electron chi connectivity index (χ4n) is 17.6. The largest absolute Gasteiger partial charge is 0.432 e. The van der Waals surface area contributed by atoms with E-state index in [-0.39, 0.29) is 42.1 Å². The van der Waals surface area contributed by atoms with Gasteiger partial charge in [0.1, 0.15) is 96.4 Å². The molecule has 0 bridgehead atoms. The van der Waals surface area contributed by atoms with E-state index in [9.17, 15) is 76.3 Å². The molecule has 1 amide bonds. The maximum absolute atomic E-state index is 15.4. The van der Waals surface area contributed by atoms with Gasteiger partial charge in [-0.2, -0.15) is 0 Å². The summed E-state index contributed by atoms with van der Waals surface area (Å²) in [5.74, 6) is -1.89. The van der Waals surface area contributed by atoms with Gasteiger partial charge in [0.25, 0.3) is 0 Å². The molecule has 27 nitrogen and oxygen atoms in total. The molecule has 4 saturated carbocycles. The molecule has 0 aromatic carbocycles. The lowest BCUT2D eigenvalue weighted by molar-refractivity contribution is -0.349. The molecule has 10 aliphatic rings. The first-order valence-electron chi connectivity index (χ1n) is 30.6. The normalized spacial score (nSPS) is 52.5. The van der Waals surface area contributed by atoms with Gasteiger partial charge in [0, 0.05) is 6.92 Å². The first kappa shape index (κ1) is 66.7. The number of aliphatic hydroxyl groups is 14. The van der Waals surface area contributed by atoms with Crippen LogP contribution in [-0.2, 0) is 57.0 Å². The summed E-state index contributed by atoms with van der Waals surface area (Å²) >= 11 is 0. The van der Waals surface area contributed by atoms with Crippen molar-refractivity contribution >= 4 is 11.9 Å². The Morgan fingerprint density at radius 1 is 0.651 bits per heavy atom. The zero-order chi connectivity index (χ0) is 62.8. The maximum atomic E-state index is 15.4. The maximum Gasteiger partial charge on any atom is 0.317 e. The van der Waals surface area contributed by atoms with Crippen molar-refractivity contribution in [2.75, 3.05) is 39.6 Å². The second-order valence-corrected chi connectivity index (χ2v) is 28.8. The number of nitrogens with one attached hydrogen (secondary N) is 1. The summed E-state index contributed by atoms with van der Waals surface area (Å²) in [5.41, 5.74) is -4.97. The van der Waals surface area contributed by atoms with Gasteiger partial charge in [-0.1, -0.05) is 60.1 Å². The first-order valence-corrected chi connectivity index (χ1v) is 30.6. The number of hydrogen-bond donors (Lipinski definition) is 15. The second kappa shape index (κ2) is 24.3. The highest BCUT2D eigenvalue weighted by Gasteiger charge is 2.72. The van der Waals surface area contributed by atoms with Gasteiger partial charge in [0.05, 0.1) is 51.8 Å². The molecular formula is C59H95NO26. The van der Waals surface area contributed by atoms with Crippen LogP contribution in [0.2, 0.25) is 0 Å². The Bertz CT molecular complexity index is 2460. The van der Waals surface area contributed by atoms with E-state index in [0.29, 0.717) is 44.9 Å². The molecule has 86 heavy (non-hydrogen) atoms. The predicted octanol–water partition coefficient (Wildman–Crippen LogP) is -3.18. The van der Waals surface area contributed by atoms with E-state index in [1.807, 2.05) is 0 Å². The van der Waals surface area contributed by atoms with Crippen molar-refractivity contribution in [2.45, 2.75) is 254 Å². The van der Waals surface area contributed by atoms with Crippen LogP contribution in [0.1, 0.15) is 113 Å². The number of amides is 1. The Kier molecular flexibility index (Phi) is 18.9. The average Bonchev–Trinajstić information content (AvgIpc) is 0.745. The fraction of sp³-hybridized carbons (Fsp3) is 0.932. The van der Waals surface area contributed by atoms with Gasteiger partial charge in [0.15, 0.2) is 31.3 Å². The number of fused-ring (bicyclic) bond motifs is 7. The van der Waals surface area contributed by atoms with Crippen LogP contribution < -0.4 is 5.32 Å². The minimum absolute atomic E-state index is 0.00187. The van der Waals surface area contributed by atoms with Crippen molar-refractivity contribution in [2.24, 2.45) is 50.2 Å². The molecule has 0 aromatic rings. The van der Waals surface area contributed by atoms with E-state index in [0.717, 1.165) is 5.57 Å². The second-order valence-electron chi connectivity index (χ2n) is 28.8. The Hall–Kier alpha value is -2.24. The van der Waals surface area contributed by atoms with Gasteiger partial charge < -0.3 is 124 Å². The Labute approximate surface area is 499 Å². The Morgan fingerprint density at radius 2 is 1.29 bits per heavy atom. The molecule has 5 heterocycles. The lowest BCUT2D eigenvalue weighted by atomic mass is 9.33. The zero-order valence-electron chi connectivity index (χ0n) is 50.3. The standard InChI is InChI=1S/C59H95NO26/c1-25(63)60-36-44(84-49-43(73)38(68)29(65)21-78-49)40(70)31(22-79-48-42(72)37(67)28(64)20-77-48)82-47(36)83-35-12-13-55(6)32(54(35,4)5)11-14-56(7)33(55)10-9-26-27-17-53(2,3)15-16-59(27,34(66)18-57(26,56)8)52(75)86-50-45(41(71)39(69)30(19-61)81-50)85-51-46(74)58(76,23-62)24-80-51/h9,27-51,61-62,64-74,76H,10-24H2,1-8H3,(H,60,63)/t27-,28-,29+,30+,31+,32-,33+,34+,35-,36+,37-,38-,39+,40+,41-,42+,43+,44+,45+,46-,47-,48-,49-,50-,51-,55-,56+,57+,58+,59+/m0/s1.